The fourth-order valence-corrected chi connectivity index (χ4v) is 3.51. The highest BCUT2D eigenvalue weighted by atomic mass is 32.2. The maximum Gasteiger partial charge on any atom is 0.252 e. The molecule has 0 unspecified atom stereocenters. The molecule has 0 aliphatic carbocycles. The summed E-state index contributed by atoms with van der Waals surface area (Å²) in [5, 5.41) is 15.0. The molecule has 3 rings (SSSR count). The molecule has 1 heterocycles. The van der Waals surface area contributed by atoms with Gasteiger partial charge in [0.05, 0.1) is 11.3 Å². The second-order valence-electron chi connectivity index (χ2n) is 5.89. The normalized spacial score (nSPS) is 11.9. The number of nitrogens with one attached hydrogen (secondary N) is 1. The lowest BCUT2D eigenvalue weighted by Gasteiger charge is -2.21. The Hall–Kier alpha value is -2.79. The Morgan fingerprint density at radius 3 is 2.00 bits per heavy atom. The summed E-state index contributed by atoms with van der Waals surface area (Å²) in [5.41, 5.74) is 2.03. The highest BCUT2D eigenvalue weighted by Gasteiger charge is 2.23. The van der Waals surface area contributed by atoms with Crippen LogP contribution in [0, 0.1) is 5.21 Å². The van der Waals surface area contributed by atoms with Gasteiger partial charge < -0.3 is 10.5 Å². The van der Waals surface area contributed by atoms with Gasteiger partial charge in [-0.15, -0.1) is 0 Å². The van der Waals surface area contributed by atoms with E-state index in [1.165, 1.54) is 18.0 Å². The van der Waals surface area contributed by atoms with Gasteiger partial charge in [-0.3, -0.25) is 4.79 Å². The Labute approximate surface area is 157 Å². The van der Waals surface area contributed by atoms with E-state index < -0.39 is 5.25 Å². The van der Waals surface area contributed by atoms with Gasteiger partial charge >= 0.3 is 0 Å². The highest BCUT2D eigenvalue weighted by molar-refractivity contribution is 8.00. The Morgan fingerprint density at radius 2 is 1.46 bits per heavy atom. The zero-order valence-electron chi connectivity index (χ0n) is 14.4. The quantitative estimate of drug-likeness (QED) is 0.412. The number of pyridine rings is 1. The smallest absolute Gasteiger partial charge is 0.252 e. The number of carbonyl (C=O) groups is 1. The van der Waals surface area contributed by atoms with Gasteiger partial charge in [0.2, 0.25) is 5.91 Å². The maximum atomic E-state index is 12.8. The third kappa shape index (κ3) is 4.43. The molecule has 4 nitrogen and oxygen atoms in total. The molecule has 1 atom stereocenters. The molecule has 0 aliphatic heterocycles. The SMILES string of the molecule is C[C@H](Sc1cccc[n+]1[O-])C(=O)NC(c1ccccc1)c1ccccc1. The van der Waals surface area contributed by atoms with Crippen LogP contribution in [0.4, 0.5) is 0 Å². The molecular formula is C21H20N2O2S. The standard InChI is InChI=1S/C21H20N2O2S/c1-16(26-19-14-8-9-15-23(19)25)21(24)22-20(17-10-4-2-5-11-17)18-12-6-3-7-13-18/h2-16,20H,1H3,(H,22,24)/t16-/m0/s1. The van der Waals surface area contributed by atoms with Gasteiger partial charge in [0, 0.05) is 12.1 Å². The molecule has 0 aliphatic rings. The first-order valence-corrected chi connectivity index (χ1v) is 9.28. The molecule has 1 N–H and O–H groups in total. The van der Waals surface area contributed by atoms with Gasteiger partial charge in [-0.2, -0.15) is 4.73 Å². The average Bonchev–Trinajstić information content (AvgIpc) is 2.69. The summed E-state index contributed by atoms with van der Waals surface area (Å²) in [4.78, 5) is 12.8. The molecule has 0 fully saturated rings. The van der Waals surface area contributed by atoms with Crippen LogP contribution >= 0.6 is 11.8 Å². The van der Waals surface area contributed by atoms with Gasteiger partial charge in [0.25, 0.3) is 5.03 Å². The Bertz CT molecular complexity index is 817. The lowest BCUT2D eigenvalue weighted by atomic mass is 9.98. The van der Waals surface area contributed by atoms with Crippen molar-refractivity contribution in [1.82, 2.24) is 5.32 Å². The van der Waals surface area contributed by atoms with Crippen molar-refractivity contribution in [3.05, 3.63) is 101 Å². The Balaban J connectivity index is 1.78. The monoisotopic (exact) mass is 364 g/mol. The van der Waals surface area contributed by atoms with E-state index in [1.807, 2.05) is 60.7 Å². The molecule has 0 spiro atoms. The van der Waals surface area contributed by atoms with Crippen LogP contribution in [0.5, 0.6) is 0 Å². The third-order valence-corrected chi connectivity index (χ3v) is 5.13. The number of hydrogen-bond acceptors (Lipinski definition) is 3. The summed E-state index contributed by atoms with van der Waals surface area (Å²) in [7, 11) is 0. The topological polar surface area (TPSA) is 56.0 Å². The fourth-order valence-electron chi connectivity index (χ4n) is 2.65. The van der Waals surface area contributed by atoms with Crippen molar-refractivity contribution < 1.29 is 9.52 Å². The van der Waals surface area contributed by atoms with Crippen LogP contribution in [-0.4, -0.2) is 11.2 Å². The zero-order chi connectivity index (χ0) is 18.4. The van der Waals surface area contributed by atoms with E-state index >= 15 is 0 Å². The Kier molecular flexibility index (Phi) is 5.92. The van der Waals surface area contributed by atoms with Crippen molar-refractivity contribution >= 4 is 17.7 Å². The number of thioether (sulfide) groups is 1. The van der Waals surface area contributed by atoms with Crippen LogP contribution in [-0.2, 0) is 4.79 Å². The van der Waals surface area contributed by atoms with Crippen LogP contribution in [0.15, 0.2) is 90.1 Å². The summed E-state index contributed by atoms with van der Waals surface area (Å²) < 4.78 is 0.778. The summed E-state index contributed by atoms with van der Waals surface area (Å²) in [6.45, 7) is 1.81. The summed E-state index contributed by atoms with van der Waals surface area (Å²) in [5.74, 6) is -0.114. The van der Waals surface area contributed by atoms with E-state index in [2.05, 4.69) is 5.32 Å². The number of rotatable bonds is 6. The molecule has 5 heteroatoms. The molecule has 2 aromatic carbocycles. The fraction of sp³-hybridized carbons (Fsp3) is 0.143. The lowest BCUT2D eigenvalue weighted by Crippen LogP contribution is -2.36. The van der Waals surface area contributed by atoms with Gasteiger partial charge in [0.1, 0.15) is 0 Å². The largest absolute Gasteiger partial charge is 0.618 e. The van der Waals surface area contributed by atoms with Crippen LogP contribution < -0.4 is 10.0 Å². The minimum Gasteiger partial charge on any atom is -0.618 e. The van der Waals surface area contributed by atoms with Crippen LogP contribution in [0.2, 0.25) is 0 Å². The number of amides is 1. The molecule has 0 bridgehead atoms. The first kappa shape index (κ1) is 18.0. The molecule has 0 saturated heterocycles. The second-order valence-corrected chi connectivity index (χ2v) is 7.25. The van der Waals surface area contributed by atoms with Gasteiger partial charge in [0.15, 0.2) is 6.20 Å². The third-order valence-electron chi connectivity index (χ3n) is 4.01. The molecule has 26 heavy (non-hydrogen) atoms. The number of hydrogen-bond donors (Lipinski definition) is 1. The van der Waals surface area contributed by atoms with Gasteiger partial charge in [-0.25, -0.2) is 0 Å². The van der Waals surface area contributed by atoms with Crippen molar-refractivity contribution in [1.29, 1.82) is 0 Å². The van der Waals surface area contributed by atoms with E-state index in [1.54, 1.807) is 25.1 Å². The van der Waals surface area contributed by atoms with Gasteiger partial charge in [-0.05, 0) is 35.9 Å². The van der Waals surface area contributed by atoms with Crippen LogP contribution in [0.3, 0.4) is 0 Å². The van der Waals surface area contributed by atoms with Crippen LogP contribution in [0.1, 0.15) is 24.1 Å². The molecule has 1 aromatic heterocycles. The number of aromatic nitrogens is 1. The lowest BCUT2D eigenvalue weighted by molar-refractivity contribution is -0.645. The van der Waals surface area contributed by atoms with Crippen LogP contribution in [0.25, 0.3) is 0 Å². The molecular weight excluding hydrogens is 344 g/mol. The van der Waals surface area contributed by atoms with Crippen molar-refractivity contribution in [2.24, 2.45) is 0 Å². The molecule has 3 aromatic rings. The van der Waals surface area contributed by atoms with Crippen molar-refractivity contribution in [2.45, 2.75) is 23.2 Å². The van der Waals surface area contributed by atoms with E-state index in [-0.39, 0.29) is 11.9 Å². The molecule has 0 radical (unpaired) electrons. The predicted octanol–water partition coefficient (Wildman–Crippen LogP) is 3.71. The number of carbonyl (C=O) groups excluding carboxylic acids is 1. The maximum absolute atomic E-state index is 12.8. The van der Waals surface area contributed by atoms with E-state index in [0.29, 0.717) is 5.03 Å². The minimum atomic E-state index is -0.396. The van der Waals surface area contributed by atoms with Crippen molar-refractivity contribution in [3.63, 3.8) is 0 Å². The van der Waals surface area contributed by atoms with Crippen molar-refractivity contribution in [3.8, 4) is 0 Å². The second kappa shape index (κ2) is 8.54. The summed E-state index contributed by atoms with van der Waals surface area (Å²) in [6, 6.07) is 24.7. The summed E-state index contributed by atoms with van der Waals surface area (Å²) >= 11 is 1.25. The highest BCUT2D eigenvalue weighted by Crippen LogP contribution is 2.24. The van der Waals surface area contributed by atoms with E-state index in [9.17, 15) is 10.0 Å². The predicted molar refractivity (Wildman–Crippen MR) is 104 cm³/mol. The zero-order valence-corrected chi connectivity index (χ0v) is 15.2. The first-order valence-electron chi connectivity index (χ1n) is 8.40. The Morgan fingerprint density at radius 1 is 0.923 bits per heavy atom. The number of nitrogens with zero attached hydrogens (tertiary/aromatic N) is 1. The van der Waals surface area contributed by atoms with E-state index in [4.69, 9.17) is 0 Å². The van der Waals surface area contributed by atoms with Crippen molar-refractivity contribution in [2.75, 3.05) is 0 Å². The summed E-state index contributed by atoms with van der Waals surface area (Å²) in [6.07, 6.45) is 1.43. The van der Waals surface area contributed by atoms with Gasteiger partial charge in [-0.1, -0.05) is 60.7 Å². The molecule has 0 saturated carbocycles. The van der Waals surface area contributed by atoms with E-state index in [0.717, 1.165) is 15.9 Å². The molecule has 1 amide bonds. The molecule has 132 valence electrons. The average molecular weight is 364 g/mol. The number of benzene rings is 2. The minimum absolute atomic E-state index is 0.114. The first-order chi connectivity index (χ1) is 12.6.